The molecule has 1 heteroatoms. The molecule has 0 saturated heterocycles. The van der Waals surface area contributed by atoms with Gasteiger partial charge in [-0.1, -0.05) is 122 Å². The Labute approximate surface area is 216 Å². The summed E-state index contributed by atoms with van der Waals surface area (Å²) < 4.78 is 0. The molecule has 0 amide bonds. The molecule has 1 N–H and O–H groups in total. The summed E-state index contributed by atoms with van der Waals surface area (Å²) in [5, 5.41) is 8.55. The smallest absolute Gasteiger partial charge is 0.0476 e. The van der Waals surface area contributed by atoms with E-state index in [0.717, 1.165) is 18.4 Å². The molecule has 1 nitrogen and oxygen atoms in total. The Hall–Kier alpha value is -4.10. The van der Waals surface area contributed by atoms with Crippen LogP contribution in [0.1, 0.15) is 25.3 Å². The first-order valence-electron chi connectivity index (χ1n) is 12.5. The molecule has 3 rings (SSSR count). The average Bonchev–Trinajstić information content (AvgIpc) is 2.90. The first-order chi connectivity index (χ1) is 17.6. The first kappa shape index (κ1) is 26.5. The van der Waals surface area contributed by atoms with Crippen LogP contribution >= 0.6 is 0 Å². The number of allylic oxidation sites excluding steroid dienone is 8. The molecule has 0 saturated carbocycles. The minimum Gasteiger partial charge on any atom is -0.385 e. The molecule has 182 valence electrons. The maximum Gasteiger partial charge on any atom is 0.0476 e. The third kappa shape index (κ3) is 7.20. The third-order valence-corrected chi connectivity index (χ3v) is 6.26. The van der Waals surface area contributed by atoms with Crippen LogP contribution in [0.2, 0.25) is 0 Å². The van der Waals surface area contributed by atoms with Crippen molar-refractivity contribution in [2.45, 2.75) is 25.8 Å². The fourth-order valence-corrected chi connectivity index (χ4v) is 4.21. The van der Waals surface area contributed by atoms with Gasteiger partial charge in [-0.25, -0.2) is 0 Å². The lowest BCUT2D eigenvalue weighted by molar-refractivity contribution is 0.692. The molecule has 2 unspecified atom stereocenters. The molecule has 3 aromatic rings. The van der Waals surface area contributed by atoms with E-state index >= 15 is 0 Å². The van der Waals surface area contributed by atoms with E-state index < -0.39 is 0 Å². The van der Waals surface area contributed by atoms with Crippen molar-refractivity contribution >= 4 is 27.6 Å². The number of fused-ring (bicyclic) bond motifs is 3. The van der Waals surface area contributed by atoms with Crippen molar-refractivity contribution in [3.63, 3.8) is 0 Å². The highest BCUT2D eigenvalue weighted by Crippen LogP contribution is 2.31. The quantitative estimate of drug-likeness (QED) is 0.149. The van der Waals surface area contributed by atoms with Gasteiger partial charge in [-0.2, -0.15) is 0 Å². The van der Waals surface area contributed by atoms with Crippen LogP contribution in [0.25, 0.3) is 27.6 Å². The van der Waals surface area contributed by atoms with E-state index in [1.807, 2.05) is 36.6 Å². The van der Waals surface area contributed by atoms with Gasteiger partial charge in [0.2, 0.25) is 0 Å². The molecule has 0 spiro atoms. The minimum atomic E-state index is 0.101. The van der Waals surface area contributed by atoms with Gasteiger partial charge in [0.05, 0.1) is 0 Å². The fourth-order valence-electron chi connectivity index (χ4n) is 4.21. The Morgan fingerprint density at radius 1 is 0.889 bits per heavy atom. The number of benzene rings is 3. The number of rotatable bonds is 13. The van der Waals surface area contributed by atoms with Gasteiger partial charge >= 0.3 is 0 Å². The van der Waals surface area contributed by atoms with Gasteiger partial charge in [-0.05, 0) is 70.6 Å². The highest BCUT2D eigenvalue weighted by atomic mass is 14.9. The van der Waals surface area contributed by atoms with Crippen LogP contribution < -0.4 is 5.32 Å². The van der Waals surface area contributed by atoms with E-state index in [4.69, 9.17) is 0 Å². The predicted octanol–water partition coefficient (Wildman–Crippen LogP) is 9.49. The lowest BCUT2D eigenvalue weighted by Crippen LogP contribution is -2.22. The van der Waals surface area contributed by atoms with Crippen LogP contribution in [0.15, 0.2) is 147 Å². The molecule has 0 radical (unpaired) electrons. The van der Waals surface area contributed by atoms with Crippen molar-refractivity contribution in [2.75, 3.05) is 0 Å². The Morgan fingerprint density at radius 2 is 1.61 bits per heavy atom. The minimum absolute atomic E-state index is 0.101. The molecule has 0 aliphatic rings. The van der Waals surface area contributed by atoms with E-state index in [1.165, 1.54) is 32.7 Å². The monoisotopic (exact) mass is 471 g/mol. The highest BCUT2D eigenvalue weighted by Gasteiger charge is 2.10. The molecule has 0 aliphatic carbocycles. The molecule has 0 aliphatic heterocycles. The van der Waals surface area contributed by atoms with E-state index in [-0.39, 0.29) is 12.0 Å². The van der Waals surface area contributed by atoms with Crippen molar-refractivity contribution < 1.29 is 0 Å². The third-order valence-electron chi connectivity index (χ3n) is 6.26. The summed E-state index contributed by atoms with van der Waals surface area (Å²) in [4.78, 5) is 0. The zero-order valence-electron chi connectivity index (χ0n) is 21.4. The Balaban J connectivity index is 1.78. The van der Waals surface area contributed by atoms with Crippen LogP contribution in [0.3, 0.4) is 0 Å². The molecule has 0 aromatic heterocycles. The van der Waals surface area contributed by atoms with Crippen molar-refractivity contribution in [3.8, 4) is 0 Å². The van der Waals surface area contributed by atoms with E-state index in [9.17, 15) is 0 Å². The van der Waals surface area contributed by atoms with E-state index in [1.54, 1.807) is 6.08 Å². The molecule has 36 heavy (non-hydrogen) atoms. The topological polar surface area (TPSA) is 12.0 Å². The van der Waals surface area contributed by atoms with Crippen LogP contribution in [0.4, 0.5) is 0 Å². The summed E-state index contributed by atoms with van der Waals surface area (Å²) in [7, 11) is 0. The molecule has 0 fully saturated rings. The average molecular weight is 472 g/mol. The Bertz CT molecular complexity index is 1350. The number of nitrogens with one attached hydrogen (secondary N) is 1. The lowest BCUT2D eigenvalue weighted by atomic mass is 9.93. The second kappa shape index (κ2) is 13.7. The van der Waals surface area contributed by atoms with Crippen LogP contribution in [0, 0.1) is 5.92 Å². The van der Waals surface area contributed by atoms with Crippen molar-refractivity contribution in [1.82, 2.24) is 5.32 Å². The van der Waals surface area contributed by atoms with Gasteiger partial charge in [0.25, 0.3) is 0 Å². The lowest BCUT2D eigenvalue weighted by Gasteiger charge is -2.17. The maximum absolute atomic E-state index is 4.28. The van der Waals surface area contributed by atoms with Crippen molar-refractivity contribution in [2.24, 2.45) is 5.92 Å². The van der Waals surface area contributed by atoms with Gasteiger partial charge in [-0.15, -0.1) is 13.2 Å². The van der Waals surface area contributed by atoms with Gasteiger partial charge in [0.1, 0.15) is 0 Å². The number of hydrogen-bond donors (Lipinski definition) is 1. The molecule has 0 bridgehead atoms. The van der Waals surface area contributed by atoms with E-state index in [0.29, 0.717) is 0 Å². The molecule has 0 heterocycles. The van der Waals surface area contributed by atoms with Gasteiger partial charge in [0.15, 0.2) is 0 Å². The van der Waals surface area contributed by atoms with Crippen molar-refractivity contribution in [3.05, 3.63) is 152 Å². The standard InChI is InChI=1S/C35H37N/c1-6-9-10-11-17-28(7-2)18-16-23-36-32(8-3)26-30(27(4)5)25-31-24-29-19-12-13-20-33(29)35-22-15-14-21-34(31)35/h6-17,19-25,28,32,36H,1-4,18,26H2,5H3/b10-9-,17-11+,23-16+,30-25-. The SMILES string of the molecule is C=C/C=C\C=C\C(C=C)C/C=C/NC(C=C)C/C(=C/c1cc2ccccc2c2ccccc12)C(=C)C. The zero-order valence-corrected chi connectivity index (χ0v) is 21.4. The first-order valence-corrected chi connectivity index (χ1v) is 12.5. The van der Waals surface area contributed by atoms with Crippen LogP contribution in [-0.2, 0) is 0 Å². The second-order valence-corrected chi connectivity index (χ2v) is 8.94. The summed E-state index contributed by atoms with van der Waals surface area (Å²) in [6.07, 6.45) is 21.9. The Kier molecular flexibility index (Phi) is 10.1. The normalized spacial score (nSPS) is 14.0. The molecule has 2 atom stereocenters. The summed E-state index contributed by atoms with van der Waals surface area (Å²) in [6.45, 7) is 18.0. The summed E-state index contributed by atoms with van der Waals surface area (Å²) in [6, 6.07) is 19.6. The van der Waals surface area contributed by atoms with E-state index in [2.05, 4.69) is 111 Å². The largest absolute Gasteiger partial charge is 0.385 e. The zero-order chi connectivity index (χ0) is 25.8. The second-order valence-electron chi connectivity index (χ2n) is 8.94. The van der Waals surface area contributed by atoms with Gasteiger partial charge < -0.3 is 5.32 Å². The fraction of sp³-hybridized carbons (Fsp3) is 0.143. The summed E-state index contributed by atoms with van der Waals surface area (Å²) >= 11 is 0. The summed E-state index contributed by atoms with van der Waals surface area (Å²) in [5.41, 5.74) is 3.49. The summed E-state index contributed by atoms with van der Waals surface area (Å²) in [5.74, 6) is 0.284. The Morgan fingerprint density at radius 3 is 2.31 bits per heavy atom. The van der Waals surface area contributed by atoms with Gasteiger partial charge in [-0.3, -0.25) is 0 Å². The molecular weight excluding hydrogens is 434 g/mol. The molecule has 3 aromatic carbocycles. The van der Waals surface area contributed by atoms with Crippen LogP contribution in [-0.4, -0.2) is 6.04 Å². The van der Waals surface area contributed by atoms with Crippen molar-refractivity contribution in [1.29, 1.82) is 0 Å². The number of hydrogen-bond acceptors (Lipinski definition) is 1. The predicted molar refractivity (Wildman–Crippen MR) is 162 cm³/mol. The highest BCUT2D eigenvalue weighted by molar-refractivity contribution is 6.10. The van der Waals surface area contributed by atoms with Crippen LogP contribution in [0.5, 0.6) is 0 Å². The molecular formula is C35H37N. The van der Waals surface area contributed by atoms with Gasteiger partial charge in [0, 0.05) is 6.04 Å². The maximum atomic E-state index is 4.28.